The molecule has 0 fully saturated rings. The van der Waals surface area contributed by atoms with Crippen LogP contribution in [0, 0.1) is 6.92 Å². The molecule has 0 aliphatic carbocycles. The van der Waals surface area contributed by atoms with E-state index in [0.717, 1.165) is 5.69 Å². The van der Waals surface area contributed by atoms with Crippen molar-refractivity contribution in [2.45, 2.75) is 20.0 Å². The number of rotatable bonds is 5. The number of carbonyl (C=O) groups excluding carboxylic acids is 1. The third-order valence-corrected chi connectivity index (χ3v) is 2.48. The maximum absolute atomic E-state index is 11.7. The van der Waals surface area contributed by atoms with Gasteiger partial charge in [-0.15, -0.1) is 5.10 Å². The summed E-state index contributed by atoms with van der Waals surface area (Å²) in [4.78, 5) is 26.2. The Labute approximate surface area is 120 Å². The molecule has 0 saturated heterocycles. The summed E-state index contributed by atoms with van der Waals surface area (Å²) in [5.41, 5.74) is 1.90. The van der Waals surface area contributed by atoms with Gasteiger partial charge in [-0.05, 0) is 19.1 Å². The highest BCUT2D eigenvalue weighted by molar-refractivity contribution is 5.88. The van der Waals surface area contributed by atoms with Crippen LogP contribution >= 0.6 is 0 Å². The highest BCUT2D eigenvalue weighted by Crippen LogP contribution is 2.04. The predicted octanol–water partition coefficient (Wildman–Crippen LogP) is 0.388. The molecule has 0 saturated carbocycles. The molecule has 2 amide bonds. The number of anilines is 1. The molecule has 0 aliphatic heterocycles. The Morgan fingerprint density at radius 3 is 2.86 bits per heavy atom. The minimum Gasteiger partial charge on any atom is -0.480 e. The topological polar surface area (TPSA) is 122 Å². The van der Waals surface area contributed by atoms with E-state index in [-0.39, 0.29) is 13.1 Å². The van der Waals surface area contributed by atoms with Crippen LogP contribution in [0.25, 0.3) is 0 Å². The SMILES string of the molecule is Cc1ccc(NC(=O)NCc2cn(CC(=O)O)nn2)cn1. The Balaban J connectivity index is 1.82. The third kappa shape index (κ3) is 4.56. The number of hydrogen-bond acceptors (Lipinski definition) is 5. The van der Waals surface area contributed by atoms with Crippen LogP contribution in [0.1, 0.15) is 11.4 Å². The summed E-state index contributed by atoms with van der Waals surface area (Å²) in [6.45, 7) is 1.73. The van der Waals surface area contributed by atoms with Crippen LogP contribution in [-0.4, -0.2) is 37.1 Å². The molecule has 3 N–H and O–H groups in total. The summed E-state index contributed by atoms with van der Waals surface area (Å²) in [5.74, 6) is -1.01. The van der Waals surface area contributed by atoms with Crippen molar-refractivity contribution in [2.24, 2.45) is 0 Å². The summed E-state index contributed by atoms with van der Waals surface area (Å²) in [5, 5.41) is 21.2. The lowest BCUT2D eigenvalue weighted by Gasteiger charge is -2.05. The number of nitrogens with one attached hydrogen (secondary N) is 2. The first kappa shape index (κ1) is 14.4. The molecule has 0 radical (unpaired) electrons. The Bertz CT molecular complexity index is 637. The van der Waals surface area contributed by atoms with Crippen molar-refractivity contribution in [3.05, 3.63) is 35.9 Å². The van der Waals surface area contributed by atoms with Gasteiger partial charge < -0.3 is 15.7 Å². The molecule has 21 heavy (non-hydrogen) atoms. The highest BCUT2D eigenvalue weighted by Gasteiger charge is 2.06. The van der Waals surface area contributed by atoms with Gasteiger partial charge in [-0.3, -0.25) is 9.78 Å². The van der Waals surface area contributed by atoms with Gasteiger partial charge in [0.2, 0.25) is 0 Å². The number of urea groups is 1. The Morgan fingerprint density at radius 2 is 2.19 bits per heavy atom. The van der Waals surface area contributed by atoms with E-state index in [2.05, 4.69) is 25.9 Å². The number of aromatic nitrogens is 4. The fourth-order valence-electron chi connectivity index (χ4n) is 1.52. The van der Waals surface area contributed by atoms with Gasteiger partial charge in [-0.25, -0.2) is 9.48 Å². The lowest BCUT2D eigenvalue weighted by Crippen LogP contribution is -2.28. The van der Waals surface area contributed by atoms with E-state index < -0.39 is 12.0 Å². The van der Waals surface area contributed by atoms with Gasteiger partial charge in [0.15, 0.2) is 0 Å². The first-order valence-corrected chi connectivity index (χ1v) is 6.11. The fraction of sp³-hybridized carbons (Fsp3) is 0.250. The third-order valence-electron chi connectivity index (χ3n) is 2.48. The van der Waals surface area contributed by atoms with Crippen molar-refractivity contribution in [1.29, 1.82) is 0 Å². The second kappa shape index (κ2) is 6.46. The Morgan fingerprint density at radius 1 is 1.38 bits per heavy atom. The van der Waals surface area contributed by atoms with Crippen LogP contribution in [0.3, 0.4) is 0 Å². The largest absolute Gasteiger partial charge is 0.480 e. The number of carbonyl (C=O) groups is 2. The summed E-state index contributed by atoms with van der Waals surface area (Å²) in [7, 11) is 0. The van der Waals surface area contributed by atoms with Crippen LogP contribution in [0.5, 0.6) is 0 Å². The van der Waals surface area contributed by atoms with Crippen molar-refractivity contribution in [3.63, 3.8) is 0 Å². The molecule has 0 spiro atoms. The van der Waals surface area contributed by atoms with Gasteiger partial charge in [0, 0.05) is 5.69 Å². The molecule has 2 rings (SSSR count). The number of carboxylic acids is 1. The van der Waals surface area contributed by atoms with E-state index >= 15 is 0 Å². The predicted molar refractivity (Wildman–Crippen MR) is 72.5 cm³/mol. The van der Waals surface area contributed by atoms with E-state index in [4.69, 9.17) is 5.11 Å². The van der Waals surface area contributed by atoms with Crippen molar-refractivity contribution < 1.29 is 14.7 Å². The first-order chi connectivity index (χ1) is 10.0. The Hall–Kier alpha value is -2.97. The molecular weight excluding hydrogens is 276 g/mol. The lowest BCUT2D eigenvalue weighted by atomic mass is 10.3. The maximum atomic E-state index is 11.7. The van der Waals surface area contributed by atoms with Gasteiger partial charge in [-0.2, -0.15) is 0 Å². The fourth-order valence-corrected chi connectivity index (χ4v) is 1.52. The van der Waals surface area contributed by atoms with E-state index in [1.807, 2.05) is 6.92 Å². The maximum Gasteiger partial charge on any atom is 0.325 e. The van der Waals surface area contributed by atoms with Gasteiger partial charge >= 0.3 is 12.0 Å². The van der Waals surface area contributed by atoms with Gasteiger partial charge in [0.25, 0.3) is 0 Å². The smallest absolute Gasteiger partial charge is 0.325 e. The summed E-state index contributed by atoms with van der Waals surface area (Å²) in [6, 6.07) is 3.12. The van der Waals surface area contributed by atoms with Crippen LogP contribution in [0.15, 0.2) is 24.5 Å². The quantitative estimate of drug-likeness (QED) is 0.732. The first-order valence-electron chi connectivity index (χ1n) is 6.11. The number of hydrogen-bond donors (Lipinski definition) is 3. The Kier molecular flexibility index (Phi) is 4.44. The van der Waals surface area contributed by atoms with Crippen molar-refractivity contribution in [3.8, 4) is 0 Å². The minimum atomic E-state index is -1.01. The van der Waals surface area contributed by atoms with E-state index in [1.54, 1.807) is 18.3 Å². The zero-order valence-corrected chi connectivity index (χ0v) is 11.3. The van der Waals surface area contributed by atoms with Crippen molar-refractivity contribution in [1.82, 2.24) is 25.3 Å². The number of amides is 2. The second-order valence-corrected chi connectivity index (χ2v) is 4.30. The molecule has 0 aromatic carbocycles. The molecule has 0 unspecified atom stereocenters. The molecule has 0 aliphatic rings. The van der Waals surface area contributed by atoms with Gasteiger partial charge in [0.05, 0.1) is 24.6 Å². The number of nitrogens with zero attached hydrogens (tertiary/aromatic N) is 4. The summed E-state index contributed by atoms with van der Waals surface area (Å²) < 4.78 is 1.18. The molecular formula is C12H14N6O3. The van der Waals surface area contributed by atoms with Crippen LogP contribution < -0.4 is 10.6 Å². The molecule has 0 atom stereocenters. The van der Waals surface area contributed by atoms with Crippen LogP contribution in [0.4, 0.5) is 10.5 Å². The van der Waals surface area contributed by atoms with E-state index in [9.17, 15) is 9.59 Å². The summed E-state index contributed by atoms with van der Waals surface area (Å²) >= 11 is 0. The number of aliphatic carboxylic acids is 1. The standard InChI is InChI=1S/C12H14N6O3/c1-8-2-3-9(4-13-8)15-12(21)14-5-10-6-18(17-16-10)7-11(19)20/h2-4,6H,5,7H2,1H3,(H,19,20)(H2,14,15,21). The zero-order chi connectivity index (χ0) is 15.2. The summed E-state index contributed by atoms with van der Waals surface area (Å²) in [6.07, 6.45) is 3.01. The number of pyridine rings is 1. The minimum absolute atomic E-state index is 0.144. The van der Waals surface area contributed by atoms with Crippen molar-refractivity contribution >= 4 is 17.7 Å². The molecule has 2 aromatic rings. The molecule has 2 aromatic heterocycles. The average molecular weight is 290 g/mol. The average Bonchev–Trinajstić information content (AvgIpc) is 2.86. The zero-order valence-electron chi connectivity index (χ0n) is 11.3. The van der Waals surface area contributed by atoms with Gasteiger partial charge in [0.1, 0.15) is 12.2 Å². The molecule has 0 bridgehead atoms. The van der Waals surface area contributed by atoms with Crippen LogP contribution in [-0.2, 0) is 17.9 Å². The molecule has 2 heterocycles. The monoisotopic (exact) mass is 290 g/mol. The lowest BCUT2D eigenvalue weighted by molar-refractivity contribution is -0.137. The van der Waals surface area contributed by atoms with E-state index in [0.29, 0.717) is 11.4 Å². The molecule has 9 nitrogen and oxygen atoms in total. The number of aryl methyl sites for hydroxylation is 1. The normalized spacial score (nSPS) is 10.1. The van der Waals surface area contributed by atoms with Gasteiger partial charge in [-0.1, -0.05) is 5.21 Å². The molecule has 9 heteroatoms. The highest BCUT2D eigenvalue weighted by atomic mass is 16.4. The van der Waals surface area contributed by atoms with Crippen molar-refractivity contribution in [2.75, 3.05) is 5.32 Å². The number of carboxylic acid groups (broad SMARTS) is 1. The van der Waals surface area contributed by atoms with Crippen LogP contribution in [0.2, 0.25) is 0 Å². The molecule has 110 valence electrons. The second-order valence-electron chi connectivity index (χ2n) is 4.30. The van der Waals surface area contributed by atoms with E-state index in [1.165, 1.54) is 10.9 Å².